The summed E-state index contributed by atoms with van der Waals surface area (Å²) in [5.41, 5.74) is 2.52. The molecule has 0 radical (unpaired) electrons. The summed E-state index contributed by atoms with van der Waals surface area (Å²) in [4.78, 5) is 27.0. The number of benzene rings is 2. The molecule has 1 aliphatic heterocycles. The lowest BCUT2D eigenvalue weighted by molar-refractivity contribution is -0.122. The molecule has 0 unspecified atom stereocenters. The highest BCUT2D eigenvalue weighted by Crippen LogP contribution is 2.27. The number of amides is 2. The van der Waals surface area contributed by atoms with Crippen LogP contribution < -0.4 is 10.2 Å². The second-order valence-electron chi connectivity index (χ2n) is 6.32. The number of hydrogen-bond donors (Lipinski definition) is 1. The first kappa shape index (κ1) is 18.6. The van der Waals surface area contributed by atoms with Crippen LogP contribution in [0.2, 0.25) is 0 Å². The number of nitrogens with one attached hydrogen (secondary N) is 1. The lowest BCUT2D eigenvalue weighted by Crippen LogP contribution is -2.54. The van der Waals surface area contributed by atoms with E-state index in [-0.39, 0.29) is 10.7 Å². The van der Waals surface area contributed by atoms with Crippen molar-refractivity contribution in [1.82, 2.24) is 9.88 Å². The smallest absolute Gasteiger partial charge is 0.270 e. The maximum atomic E-state index is 13.1. The zero-order chi connectivity index (χ0) is 19.8. The number of rotatable bonds is 3. The van der Waals surface area contributed by atoms with Gasteiger partial charge < -0.3 is 4.57 Å². The highest BCUT2D eigenvalue weighted by atomic mass is 79.9. The monoisotopic (exact) mass is 453 g/mol. The van der Waals surface area contributed by atoms with Gasteiger partial charge in [-0.05, 0) is 55.5 Å². The van der Waals surface area contributed by atoms with E-state index in [1.807, 2.05) is 42.6 Å². The van der Waals surface area contributed by atoms with E-state index in [1.54, 1.807) is 18.2 Å². The highest BCUT2D eigenvalue weighted by molar-refractivity contribution is 9.10. The van der Waals surface area contributed by atoms with Crippen LogP contribution in [-0.4, -0.2) is 21.5 Å². The molecular formula is C21H16BrN3O2S. The number of hydrogen-bond acceptors (Lipinski definition) is 3. The number of carbonyl (C=O) groups excluding carboxylic acids is 2. The van der Waals surface area contributed by atoms with Crippen molar-refractivity contribution in [3.8, 4) is 0 Å². The van der Waals surface area contributed by atoms with Gasteiger partial charge in [0.25, 0.3) is 11.8 Å². The van der Waals surface area contributed by atoms with Gasteiger partial charge in [-0.25, -0.2) is 0 Å². The first-order valence-corrected chi connectivity index (χ1v) is 9.94. The minimum Gasteiger partial charge on any atom is -0.347 e. The molecule has 0 spiro atoms. The van der Waals surface area contributed by atoms with Crippen LogP contribution in [0.25, 0.3) is 17.0 Å². The first-order chi connectivity index (χ1) is 13.5. The number of nitrogens with zero attached hydrogens (tertiary/aromatic N) is 2. The molecule has 0 bridgehead atoms. The summed E-state index contributed by atoms with van der Waals surface area (Å²) in [6, 6.07) is 15.1. The van der Waals surface area contributed by atoms with Crippen LogP contribution in [0, 0.1) is 0 Å². The van der Waals surface area contributed by atoms with Crippen LogP contribution in [0.4, 0.5) is 5.69 Å². The van der Waals surface area contributed by atoms with Gasteiger partial charge in [0.05, 0.1) is 5.69 Å². The van der Waals surface area contributed by atoms with Gasteiger partial charge in [-0.3, -0.25) is 19.8 Å². The predicted octanol–water partition coefficient (Wildman–Crippen LogP) is 4.26. The molecule has 2 amide bonds. The molecule has 1 aliphatic rings. The topological polar surface area (TPSA) is 54.3 Å². The van der Waals surface area contributed by atoms with E-state index >= 15 is 0 Å². The number of aryl methyl sites for hydroxylation is 1. The molecule has 1 aromatic heterocycles. The zero-order valence-corrected chi connectivity index (χ0v) is 17.4. The fourth-order valence-electron chi connectivity index (χ4n) is 3.29. The van der Waals surface area contributed by atoms with Gasteiger partial charge in [0, 0.05) is 33.7 Å². The Kier molecular flexibility index (Phi) is 4.87. The molecular weight excluding hydrogens is 438 g/mol. The molecule has 2 aromatic carbocycles. The Labute approximate surface area is 175 Å². The summed E-state index contributed by atoms with van der Waals surface area (Å²) in [5.74, 6) is -0.930. The van der Waals surface area contributed by atoms with Gasteiger partial charge in [0.2, 0.25) is 0 Å². The van der Waals surface area contributed by atoms with E-state index < -0.39 is 11.8 Å². The fourth-order valence-corrected chi connectivity index (χ4v) is 3.83. The average molecular weight is 454 g/mol. The third-order valence-corrected chi connectivity index (χ3v) is 5.46. The van der Waals surface area contributed by atoms with Crippen LogP contribution >= 0.6 is 28.1 Å². The maximum absolute atomic E-state index is 13.1. The Morgan fingerprint density at radius 3 is 2.54 bits per heavy atom. The van der Waals surface area contributed by atoms with Gasteiger partial charge in [-0.1, -0.05) is 34.1 Å². The van der Waals surface area contributed by atoms with Crippen LogP contribution in [0.5, 0.6) is 0 Å². The minimum atomic E-state index is -0.489. The SMILES string of the molecule is CCn1cc(/C=C2/C(=O)NC(=S)N(c3ccc(Br)cc3)C2=O)c2ccccc21. The molecule has 0 aliphatic carbocycles. The highest BCUT2D eigenvalue weighted by Gasteiger charge is 2.34. The van der Waals surface area contributed by atoms with E-state index in [0.29, 0.717) is 5.69 Å². The van der Waals surface area contributed by atoms with Crippen molar-refractivity contribution in [3.63, 3.8) is 0 Å². The van der Waals surface area contributed by atoms with Crippen LogP contribution in [0.15, 0.2) is 64.8 Å². The summed E-state index contributed by atoms with van der Waals surface area (Å²) in [6.45, 7) is 2.84. The fraction of sp³-hybridized carbons (Fsp3) is 0.0952. The van der Waals surface area contributed by atoms with Crippen LogP contribution in [0.1, 0.15) is 12.5 Å². The Balaban J connectivity index is 1.80. The van der Waals surface area contributed by atoms with Crippen molar-refractivity contribution in [2.75, 3.05) is 4.90 Å². The molecule has 5 nitrogen and oxygen atoms in total. The average Bonchev–Trinajstić information content (AvgIpc) is 3.04. The first-order valence-electron chi connectivity index (χ1n) is 8.74. The zero-order valence-electron chi connectivity index (χ0n) is 15.0. The quantitative estimate of drug-likeness (QED) is 0.366. The van der Waals surface area contributed by atoms with Crippen molar-refractivity contribution < 1.29 is 9.59 Å². The van der Waals surface area contributed by atoms with Gasteiger partial charge in [0.1, 0.15) is 5.57 Å². The normalized spacial score (nSPS) is 16.1. The van der Waals surface area contributed by atoms with E-state index in [1.165, 1.54) is 4.90 Å². The van der Waals surface area contributed by atoms with Gasteiger partial charge in [0.15, 0.2) is 5.11 Å². The lowest BCUT2D eigenvalue weighted by atomic mass is 10.1. The molecule has 3 aromatic rings. The summed E-state index contributed by atoms with van der Waals surface area (Å²) < 4.78 is 2.98. The maximum Gasteiger partial charge on any atom is 0.270 e. The molecule has 0 saturated carbocycles. The predicted molar refractivity (Wildman–Crippen MR) is 118 cm³/mol. The lowest BCUT2D eigenvalue weighted by Gasteiger charge is -2.28. The van der Waals surface area contributed by atoms with Crippen LogP contribution in [-0.2, 0) is 16.1 Å². The molecule has 0 atom stereocenters. The molecule has 28 heavy (non-hydrogen) atoms. The Bertz CT molecular complexity index is 1150. The summed E-state index contributed by atoms with van der Waals surface area (Å²) in [6.07, 6.45) is 3.59. The van der Waals surface area contributed by atoms with Crippen molar-refractivity contribution >= 4 is 67.7 Å². The van der Waals surface area contributed by atoms with E-state index in [4.69, 9.17) is 12.2 Å². The summed E-state index contributed by atoms with van der Waals surface area (Å²) in [5, 5.41) is 3.68. The molecule has 1 N–H and O–H groups in total. The number of carbonyl (C=O) groups is 2. The summed E-state index contributed by atoms with van der Waals surface area (Å²) >= 11 is 8.62. The van der Waals surface area contributed by atoms with Gasteiger partial charge in [-0.2, -0.15) is 0 Å². The Morgan fingerprint density at radius 1 is 1.11 bits per heavy atom. The second-order valence-corrected chi connectivity index (χ2v) is 7.62. The number of anilines is 1. The standard InChI is InChI=1S/C21H16BrN3O2S/c1-2-24-12-13(16-5-3-4-6-18(16)24)11-17-19(26)23-21(28)25(20(17)27)15-9-7-14(22)8-10-15/h3-12H,2H2,1H3,(H,23,26,28)/b17-11-. The van der Waals surface area contributed by atoms with Crippen molar-refractivity contribution in [1.29, 1.82) is 0 Å². The molecule has 7 heteroatoms. The molecule has 1 fully saturated rings. The number of aromatic nitrogens is 1. The minimum absolute atomic E-state index is 0.0514. The van der Waals surface area contributed by atoms with Gasteiger partial charge >= 0.3 is 0 Å². The largest absolute Gasteiger partial charge is 0.347 e. The third kappa shape index (κ3) is 3.16. The van der Waals surface area contributed by atoms with Gasteiger partial charge in [-0.15, -0.1) is 0 Å². The number of para-hydroxylation sites is 1. The second kappa shape index (κ2) is 7.33. The van der Waals surface area contributed by atoms with E-state index in [2.05, 4.69) is 32.7 Å². The molecule has 1 saturated heterocycles. The van der Waals surface area contributed by atoms with Crippen molar-refractivity contribution in [2.24, 2.45) is 0 Å². The molecule has 140 valence electrons. The molecule has 2 heterocycles. The van der Waals surface area contributed by atoms with Crippen LogP contribution in [0.3, 0.4) is 0 Å². The number of thiocarbonyl (C=S) groups is 1. The van der Waals surface area contributed by atoms with Crippen molar-refractivity contribution in [2.45, 2.75) is 13.5 Å². The number of halogens is 1. The van der Waals surface area contributed by atoms with E-state index in [9.17, 15) is 9.59 Å². The molecule has 4 rings (SSSR count). The Hall–Kier alpha value is -2.77. The third-order valence-electron chi connectivity index (χ3n) is 4.65. The summed E-state index contributed by atoms with van der Waals surface area (Å²) in [7, 11) is 0. The number of fused-ring (bicyclic) bond motifs is 1. The Morgan fingerprint density at radius 2 is 1.82 bits per heavy atom. The van der Waals surface area contributed by atoms with E-state index in [0.717, 1.165) is 27.5 Å². The van der Waals surface area contributed by atoms with Crippen molar-refractivity contribution in [3.05, 3.63) is 70.3 Å².